The van der Waals surface area contributed by atoms with Crippen LogP contribution in [-0.4, -0.2) is 38.6 Å². The summed E-state index contributed by atoms with van der Waals surface area (Å²) >= 11 is 0. The molecule has 0 saturated carbocycles. The molecular formula is C129H115N9. The highest BCUT2D eigenvalue weighted by molar-refractivity contribution is 6.43. The molecule has 0 aliphatic heterocycles. The van der Waals surface area contributed by atoms with Crippen LogP contribution in [0.3, 0.4) is 0 Å². The van der Waals surface area contributed by atoms with Gasteiger partial charge < -0.3 is 13.7 Å². The fourth-order valence-corrected chi connectivity index (χ4v) is 23.9. The number of aryl methyl sites for hydroxylation is 1. The van der Waals surface area contributed by atoms with E-state index in [0.717, 1.165) is 34.6 Å². The molecule has 5 heterocycles. The van der Waals surface area contributed by atoms with E-state index in [1.165, 1.54) is 241 Å². The molecule has 0 fully saturated rings. The van der Waals surface area contributed by atoms with E-state index in [1.807, 2.05) is 6.07 Å². The first-order chi connectivity index (χ1) is 65.7. The maximum absolute atomic E-state index is 7.71. The smallest absolute Gasteiger partial charge is 0.187 e. The molecule has 0 bridgehead atoms. The highest BCUT2D eigenvalue weighted by atomic mass is 15.1. The minimum atomic E-state index is -0.235. The first-order valence-corrected chi connectivity index (χ1v) is 49.2. The lowest BCUT2D eigenvalue weighted by molar-refractivity contribution is 0.497. The van der Waals surface area contributed by atoms with E-state index in [2.05, 4.69) is 451 Å². The van der Waals surface area contributed by atoms with Crippen molar-refractivity contribution in [2.45, 2.75) is 203 Å². The fourth-order valence-electron chi connectivity index (χ4n) is 23.9. The van der Waals surface area contributed by atoms with Crippen molar-refractivity contribution in [1.29, 1.82) is 0 Å². The van der Waals surface area contributed by atoms with Crippen molar-refractivity contribution in [3.8, 4) is 50.8 Å². The van der Waals surface area contributed by atoms with Crippen LogP contribution in [-0.2, 0) is 43.3 Å². The Kier molecular flexibility index (Phi) is 18.4. The molecule has 24 aromatic rings. The lowest BCUT2D eigenvalue weighted by Crippen LogP contribution is -2.24. The predicted molar refractivity (Wildman–Crippen MR) is 586 cm³/mol. The van der Waals surface area contributed by atoms with Crippen LogP contribution in [0.4, 0.5) is 5.69 Å². The van der Waals surface area contributed by atoms with Crippen LogP contribution in [0.15, 0.2) is 279 Å². The maximum Gasteiger partial charge on any atom is 0.187 e. The van der Waals surface area contributed by atoms with Crippen LogP contribution in [0.1, 0.15) is 214 Å². The van der Waals surface area contributed by atoms with Crippen LogP contribution in [0.2, 0.25) is 0 Å². The summed E-state index contributed by atoms with van der Waals surface area (Å²) in [7, 11) is 0. The molecule has 0 radical (unpaired) electrons. The van der Waals surface area contributed by atoms with Crippen LogP contribution in [0, 0.1) is 13.5 Å². The summed E-state index contributed by atoms with van der Waals surface area (Å²) in [5, 5.41) is 31.1. The van der Waals surface area contributed by atoms with E-state index >= 15 is 0 Å². The number of para-hydroxylation sites is 3. The quantitative estimate of drug-likeness (QED) is 0.129. The Bertz CT molecular complexity index is 9350. The molecule has 9 nitrogen and oxygen atoms in total. The van der Waals surface area contributed by atoms with Gasteiger partial charge in [0.15, 0.2) is 11.5 Å². The summed E-state index contributed by atoms with van der Waals surface area (Å²) < 4.78 is 7.49. The molecule has 2 aliphatic rings. The number of benzene rings is 19. The van der Waals surface area contributed by atoms with E-state index in [4.69, 9.17) is 31.5 Å². The first kappa shape index (κ1) is 86.1. The zero-order valence-corrected chi connectivity index (χ0v) is 83.6. The van der Waals surface area contributed by atoms with Gasteiger partial charge in [0.1, 0.15) is 17.5 Å². The highest BCUT2D eigenvalue weighted by Gasteiger charge is 2.44. The van der Waals surface area contributed by atoms with Gasteiger partial charge in [-0.3, -0.25) is 0 Å². The molecule has 676 valence electrons. The Labute approximate surface area is 807 Å². The lowest BCUT2D eigenvalue weighted by atomic mass is 9.77. The Morgan fingerprint density at radius 3 is 1.15 bits per heavy atom. The van der Waals surface area contributed by atoms with Crippen LogP contribution in [0.5, 0.6) is 0 Å². The van der Waals surface area contributed by atoms with Gasteiger partial charge in [-0.2, -0.15) is 0 Å². The molecule has 0 spiro atoms. The predicted octanol–water partition coefficient (Wildman–Crippen LogP) is 34.9. The third kappa shape index (κ3) is 12.5. The largest absolute Gasteiger partial charge is 0.309 e. The molecule has 0 unspecified atom stereocenters. The Morgan fingerprint density at radius 1 is 0.290 bits per heavy atom. The molecule has 19 aromatic carbocycles. The van der Waals surface area contributed by atoms with E-state index in [9.17, 15) is 0 Å². The average Bonchev–Trinajstić information content (AvgIpc) is 1.50. The number of hydrogen-bond donors (Lipinski definition) is 0. The molecule has 0 N–H and O–H groups in total. The first-order valence-electron chi connectivity index (χ1n) is 49.2. The van der Waals surface area contributed by atoms with Gasteiger partial charge in [-0.15, -0.1) is 0 Å². The molecule has 5 aromatic heterocycles. The van der Waals surface area contributed by atoms with Crippen molar-refractivity contribution in [2.75, 3.05) is 0 Å². The minimum absolute atomic E-state index is 0.0295. The molecule has 2 aliphatic carbocycles. The second-order valence-corrected chi connectivity index (χ2v) is 46.7. The van der Waals surface area contributed by atoms with Crippen LogP contribution < -0.4 is 0 Å². The number of hydrogen-bond acceptors (Lipinski definition) is 5. The molecule has 138 heavy (non-hydrogen) atoms. The molecule has 0 saturated heterocycles. The van der Waals surface area contributed by atoms with E-state index in [1.54, 1.807) is 0 Å². The van der Waals surface area contributed by atoms with Gasteiger partial charge in [0, 0.05) is 132 Å². The van der Waals surface area contributed by atoms with Gasteiger partial charge in [0.2, 0.25) is 0 Å². The molecule has 26 rings (SSSR count). The Balaban J connectivity index is 0.000000113. The van der Waals surface area contributed by atoms with Crippen molar-refractivity contribution < 1.29 is 0 Å². The Hall–Kier alpha value is -14.7. The van der Waals surface area contributed by atoms with E-state index in [-0.39, 0.29) is 43.3 Å². The van der Waals surface area contributed by atoms with Gasteiger partial charge >= 0.3 is 0 Å². The molecule has 0 amide bonds. The normalized spacial score (nSPS) is 14.0. The second-order valence-electron chi connectivity index (χ2n) is 46.7. The van der Waals surface area contributed by atoms with Crippen molar-refractivity contribution >= 4 is 168 Å². The fraction of sp³-hybridized carbons (Fsp3) is 0.240. The minimum Gasteiger partial charge on any atom is -0.309 e. The number of aromatic nitrogens is 8. The van der Waals surface area contributed by atoms with Gasteiger partial charge in [-0.05, 0) is 211 Å². The summed E-state index contributed by atoms with van der Waals surface area (Å²) in [6.07, 6.45) is 2.10. The molecular weight excluding hydrogens is 1680 g/mol. The van der Waals surface area contributed by atoms with E-state index in [0.29, 0.717) is 5.69 Å². The summed E-state index contributed by atoms with van der Waals surface area (Å²) in [5.41, 5.74) is 27.3. The van der Waals surface area contributed by atoms with Crippen LogP contribution >= 0.6 is 0 Å². The zero-order valence-electron chi connectivity index (χ0n) is 83.6. The van der Waals surface area contributed by atoms with Crippen molar-refractivity contribution in [3.63, 3.8) is 0 Å². The summed E-state index contributed by atoms with van der Waals surface area (Å²) in [6, 6.07) is 102. The second kappa shape index (κ2) is 29.4. The standard InChI is InChI=1S/C44H44N4.C43H39N3.C42H32N2/c1-25-15-11-12-20-33(25)48-34-22-21-27(42(2,3)4)24-32(34)37-29-18-13-16-26-23-31(28-17-14-19-30(38(37)48)36(28)35(26)29)39-45-40(43(5,6)7)47-41(46-39)44(8,9)10;1-41(2,3)24-20-21-32-30(22-24)35-26-16-12-18-28-33(26)34-27(17-13-19-29(34)39(35)46(32)25-14-10-9-11-15-25)36-37(28)43(7,8)31-23-44-40(42(4,5)6)45-38(31)36;1-41(2,3)24-18-21-34-32(22-24)38-29-15-10-16-30-35(29)36-28(14-11-17-31(36)40(38)44(34)26-12-8-7-9-13-26)37-27-20-19-25(43-6)23-33(27)42(4,5)39(30)37/h11-24H,1-10H3;9-23H,1-8H3;7-23H,1-5H3. The van der Waals surface area contributed by atoms with Gasteiger partial charge in [-0.25, -0.2) is 29.8 Å². The summed E-state index contributed by atoms with van der Waals surface area (Å²) in [5.74, 6) is 3.27. The lowest BCUT2D eigenvalue weighted by Gasteiger charge is -2.25. The number of rotatable bonds is 4. The van der Waals surface area contributed by atoms with Gasteiger partial charge in [0.05, 0.1) is 45.4 Å². The maximum atomic E-state index is 7.71. The molecule has 0 atom stereocenters. The summed E-state index contributed by atoms with van der Waals surface area (Å²) in [6.45, 7) is 59.7. The van der Waals surface area contributed by atoms with Gasteiger partial charge in [0.25, 0.3) is 0 Å². The monoisotopic (exact) mass is 1790 g/mol. The SMILES string of the molecule is CC(C)(C)c1ccc2c(c1)c1c3cccc4c5c(c6cccc(c6c43)c1n2-c1ccccc1)-c1nc(C(C)(C)C)ncc1C5(C)C.Cc1ccccc1-n1c2ccc(C(C)(C)C)cc2c2c3cccc4cc(-c5nc(C(C)(C)C)nc(C(C)(C)C)n5)c5cccc(c5c43)c21.[C-]#[N+]c1ccc2c(c1)C(C)(C)c1c-2c2cccc3c2c2c1cccc2c1c2cc(C(C)(C)C)ccc2n(-c2ccccc2)c31. The van der Waals surface area contributed by atoms with Crippen molar-refractivity contribution in [3.05, 3.63) is 353 Å². The molecule has 9 heteroatoms. The van der Waals surface area contributed by atoms with Crippen molar-refractivity contribution in [1.82, 2.24) is 38.6 Å². The topological polar surface area (TPSA) is 83.6 Å². The van der Waals surface area contributed by atoms with Gasteiger partial charge in [-0.1, -0.05) is 353 Å². The number of nitrogens with zero attached hydrogens (tertiary/aromatic N) is 9. The van der Waals surface area contributed by atoms with Crippen molar-refractivity contribution in [2.24, 2.45) is 0 Å². The Morgan fingerprint density at radius 2 is 0.681 bits per heavy atom. The third-order valence-electron chi connectivity index (χ3n) is 30.7. The summed E-state index contributed by atoms with van der Waals surface area (Å²) in [4.78, 5) is 29.4. The van der Waals surface area contributed by atoms with E-state index < -0.39 is 0 Å². The zero-order chi connectivity index (χ0) is 95.9. The highest BCUT2D eigenvalue weighted by Crippen LogP contribution is 2.62. The average molecular weight is 1790 g/mol. The third-order valence-corrected chi connectivity index (χ3v) is 30.7. The number of fused-ring (bicyclic) bond motifs is 25. The van der Waals surface area contributed by atoms with Crippen LogP contribution in [0.25, 0.3) is 218 Å².